The quantitative estimate of drug-likeness (QED) is 0.0753. The predicted octanol–water partition coefficient (Wildman–Crippen LogP) is 27.0. The lowest BCUT2D eigenvalue weighted by Crippen LogP contribution is -2.28. The summed E-state index contributed by atoms with van der Waals surface area (Å²) in [5, 5.41) is 0. The Balaban J connectivity index is 0.725. The van der Waals surface area contributed by atoms with Crippen LogP contribution in [0.3, 0.4) is 0 Å². The molecule has 3 nitrogen and oxygen atoms in total. The fourth-order valence-electron chi connectivity index (χ4n) is 15.5. The maximum Gasteiger partial charge on any atom is 0.127 e. The van der Waals surface area contributed by atoms with Crippen molar-refractivity contribution in [3.63, 3.8) is 0 Å². The molecule has 490 valence electrons. The highest BCUT2D eigenvalue weighted by atomic mass is 32.2. The maximum atomic E-state index is 6.44. The van der Waals surface area contributed by atoms with Gasteiger partial charge >= 0.3 is 0 Å². The second-order valence-corrected chi connectivity index (χ2v) is 28.3. The maximum absolute atomic E-state index is 6.44. The van der Waals surface area contributed by atoms with Gasteiger partial charge in [-0.2, -0.15) is 0 Å². The zero-order valence-corrected chi connectivity index (χ0v) is 58.3. The first kappa shape index (κ1) is 64.0. The summed E-state index contributed by atoms with van der Waals surface area (Å²) in [6, 6.07) is 135. The van der Waals surface area contributed by atoms with Crippen LogP contribution in [0.2, 0.25) is 0 Å². The lowest BCUT2D eigenvalue weighted by atomic mass is 9.67. The van der Waals surface area contributed by atoms with Crippen LogP contribution < -0.4 is 14.5 Å². The van der Waals surface area contributed by atoms with Crippen molar-refractivity contribution in [1.82, 2.24) is 0 Å². The molecule has 0 radical (unpaired) electrons. The third-order valence-corrected chi connectivity index (χ3v) is 22.3. The molecule has 0 bridgehead atoms. The van der Waals surface area contributed by atoms with Gasteiger partial charge in [0, 0.05) is 53.7 Å². The zero-order valence-electron chi connectivity index (χ0n) is 56.7. The summed E-state index contributed by atoms with van der Waals surface area (Å²) in [7, 11) is 0. The number of nitrogens with zero attached hydrogens (tertiary/aromatic N) is 2. The van der Waals surface area contributed by atoms with Crippen molar-refractivity contribution in [3.8, 4) is 44.9 Å². The summed E-state index contributed by atoms with van der Waals surface area (Å²) >= 11 is 3.55. The Bertz CT molecular complexity index is 5490. The lowest BCUT2D eigenvalue weighted by Gasteiger charge is -2.35. The van der Waals surface area contributed by atoms with Crippen LogP contribution in [-0.2, 0) is 10.8 Å². The first-order valence-corrected chi connectivity index (χ1v) is 36.5. The molecule has 5 heteroatoms. The first-order chi connectivity index (χ1) is 50.9. The van der Waals surface area contributed by atoms with Crippen molar-refractivity contribution in [3.05, 3.63) is 451 Å². The van der Waals surface area contributed by atoms with Crippen molar-refractivity contribution in [2.75, 3.05) is 9.80 Å². The van der Waals surface area contributed by atoms with Gasteiger partial charge in [0.05, 0.1) is 10.8 Å². The van der Waals surface area contributed by atoms with E-state index in [1.54, 1.807) is 23.5 Å². The Morgan fingerprint density at radius 2 is 0.524 bits per heavy atom. The third kappa shape index (κ3) is 11.8. The molecular weight excluding hydrogens is 1290 g/mol. The second kappa shape index (κ2) is 27.6. The highest BCUT2D eigenvalue weighted by Crippen LogP contribution is 2.60. The molecule has 1 unspecified atom stereocenters. The zero-order chi connectivity index (χ0) is 69.3. The average Bonchev–Trinajstić information content (AvgIpc) is 1.56. The summed E-state index contributed by atoms with van der Waals surface area (Å²) in [5.41, 5.74) is 25.2. The highest BCUT2D eigenvalue weighted by Gasteiger charge is 2.48. The van der Waals surface area contributed by atoms with Gasteiger partial charge in [0.2, 0.25) is 0 Å². The molecule has 15 aromatic carbocycles. The fraction of sp³-hybridized carbons (Fsp3) is 0.0204. The van der Waals surface area contributed by atoms with E-state index in [9.17, 15) is 0 Å². The summed E-state index contributed by atoms with van der Waals surface area (Å²) < 4.78 is 6.44. The monoisotopic (exact) mass is 1350 g/mol. The normalized spacial score (nSPS) is 13.6. The van der Waals surface area contributed by atoms with Crippen LogP contribution in [0.4, 0.5) is 34.1 Å². The highest BCUT2D eigenvalue weighted by molar-refractivity contribution is 7.99. The van der Waals surface area contributed by atoms with Crippen molar-refractivity contribution in [2.45, 2.75) is 30.4 Å². The number of para-hydroxylation sites is 2. The van der Waals surface area contributed by atoms with Gasteiger partial charge < -0.3 is 14.5 Å². The van der Waals surface area contributed by atoms with Crippen molar-refractivity contribution in [1.29, 1.82) is 0 Å². The number of fused-ring (bicyclic) bond motifs is 6. The molecular formula is C98H70N2OS2. The number of ether oxygens (including phenoxy) is 1. The Hall–Kier alpha value is -12.4. The van der Waals surface area contributed by atoms with Gasteiger partial charge in [-0.15, -0.1) is 0 Å². The van der Waals surface area contributed by atoms with Crippen LogP contribution in [0.1, 0.15) is 61.2 Å². The Labute approximate surface area is 612 Å². The average molecular weight is 1360 g/mol. The smallest absolute Gasteiger partial charge is 0.127 e. The Morgan fingerprint density at radius 3 is 0.903 bits per heavy atom. The van der Waals surface area contributed by atoms with E-state index in [2.05, 4.69) is 375 Å². The van der Waals surface area contributed by atoms with E-state index in [1.807, 2.05) is 42.5 Å². The number of anilines is 6. The van der Waals surface area contributed by atoms with Gasteiger partial charge in [0.25, 0.3) is 0 Å². The van der Waals surface area contributed by atoms with Gasteiger partial charge in [-0.3, -0.25) is 0 Å². The summed E-state index contributed by atoms with van der Waals surface area (Å²) in [4.78, 5) is 9.51. The van der Waals surface area contributed by atoms with E-state index in [0.29, 0.717) is 0 Å². The molecule has 17 rings (SSSR count). The molecule has 0 amide bonds. The largest absolute Gasteiger partial charge is 0.457 e. The molecule has 0 heterocycles. The molecule has 0 aromatic heterocycles. The van der Waals surface area contributed by atoms with Gasteiger partial charge in [-0.25, -0.2) is 0 Å². The van der Waals surface area contributed by atoms with Gasteiger partial charge in [-0.05, 0) is 240 Å². The number of benzene rings is 15. The van der Waals surface area contributed by atoms with Crippen LogP contribution in [0, 0.1) is 0 Å². The topological polar surface area (TPSA) is 15.7 Å². The molecule has 0 spiro atoms. The summed E-state index contributed by atoms with van der Waals surface area (Å²) in [5.74, 6) is 1.55. The predicted molar refractivity (Wildman–Crippen MR) is 434 cm³/mol. The Kier molecular flexibility index (Phi) is 17.2. The standard InChI is InChI=1S/C98H70N2OS2/c1-4-68-30-52-83(53-31-68)101-84-54-40-74(41-55-84)97(73-20-10-7-11-21-73)93-28-18-16-26-89(93)91-64-50-81(66-95(91)97)99(77-22-12-8-13-23-77)79-46-36-71(37-47-79)72-38-48-80(49-39-72)100(78-24-14-9-15-25-78)82-51-65-92-90-27-17-19-29-94(90)98(96(92)67-82,75-42-60-87(61-43-75)102-85-56-32-69(5-2)33-57-85)76-44-62-88(63-45-76)103-86-58-34-70(6-3)35-59-86/h4-67H,1-3H2. The van der Waals surface area contributed by atoms with E-state index in [4.69, 9.17) is 4.74 Å². The third-order valence-electron chi connectivity index (χ3n) is 20.3. The second-order valence-electron chi connectivity index (χ2n) is 26.1. The molecule has 0 fully saturated rings. The van der Waals surface area contributed by atoms with Gasteiger partial charge in [0.1, 0.15) is 11.5 Å². The first-order valence-electron chi connectivity index (χ1n) is 34.8. The minimum absolute atomic E-state index is 0.641. The van der Waals surface area contributed by atoms with Crippen LogP contribution >= 0.6 is 23.5 Å². The molecule has 0 aliphatic heterocycles. The Morgan fingerprint density at radius 1 is 0.243 bits per heavy atom. The molecule has 2 aliphatic carbocycles. The molecule has 1 atom stereocenters. The van der Waals surface area contributed by atoms with Crippen LogP contribution in [0.25, 0.3) is 51.6 Å². The van der Waals surface area contributed by atoms with E-state index in [1.165, 1.54) is 80.8 Å². The van der Waals surface area contributed by atoms with E-state index < -0.39 is 10.8 Å². The molecule has 0 saturated carbocycles. The molecule has 2 aliphatic rings. The van der Waals surface area contributed by atoms with Crippen LogP contribution in [0.5, 0.6) is 11.5 Å². The molecule has 0 N–H and O–H groups in total. The molecule has 15 aromatic rings. The van der Waals surface area contributed by atoms with Crippen LogP contribution in [-0.4, -0.2) is 0 Å². The van der Waals surface area contributed by atoms with E-state index in [0.717, 1.165) is 79.0 Å². The van der Waals surface area contributed by atoms with Crippen molar-refractivity contribution in [2.24, 2.45) is 0 Å². The summed E-state index contributed by atoms with van der Waals surface area (Å²) in [6.45, 7) is 11.9. The minimum atomic E-state index is -0.664. The lowest BCUT2D eigenvalue weighted by molar-refractivity contribution is 0.482. The van der Waals surface area contributed by atoms with Gasteiger partial charge in [0.15, 0.2) is 0 Å². The number of hydrogen-bond acceptors (Lipinski definition) is 5. The SMILES string of the molecule is C=Cc1ccc(Oc2ccc(C3(c4ccccc4)c4ccccc4-c4ccc(N(c5ccccc5)c5ccc(-c6ccc(N(c7ccccc7)c7ccc8c(c7)C(c7ccc(Sc9ccc(C=C)cc9)cc7)(c7ccc(Sc9ccc(C=C)cc9)cc7)c7ccccc7-8)cc6)cc5)cc43)cc2)cc1. The van der Waals surface area contributed by atoms with E-state index >= 15 is 0 Å². The van der Waals surface area contributed by atoms with Crippen LogP contribution in [0.15, 0.2) is 409 Å². The minimum Gasteiger partial charge on any atom is -0.457 e. The molecule has 0 saturated heterocycles. The summed E-state index contributed by atoms with van der Waals surface area (Å²) in [6.07, 6.45) is 5.63. The number of hydrogen-bond donors (Lipinski definition) is 0. The molecule has 103 heavy (non-hydrogen) atoms. The van der Waals surface area contributed by atoms with Crippen molar-refractivity contribution < 1.29 is 4.74 Å². The van der Waals surface area contributed by atoms with Gasteiger partial charge in [-0.1, -0.05) is 286 Å². The van der Waals surface area contributed by atoms with E-state index in [-0.39, 0.29) is 0 Å². The van der Waals surface area contributed by atoms with Crippen molar-refractivity contribution >= 4 is 75.9 Å². The number of rotatable bonds is 20. The fourth-order valence-corrected chi connectivity index (χ4v) is 17.1.